The van der Waals surface area contributed by atoms with Gasteiger partial charge in [0.15, 0.2) is 0 Å². The highest BCUT2D eigenvalue weighted by Crippen LogP contribution is 2.08. The number of carbonyl (C=O) groups is 2. The summed E-state index contributed by atoms with van der Waals surface area (Å²) >= 11 is 0. The molecule has 0 aliphatic heterocycles. The van der Waals surface area contributed by atoms with Gasteiger partial charge >= 0.3 is 11.9 Å². The van der Waals surface area contributed by atoms with Crippen LogP contribution in [0.2, 0.25) is 0 Å². The van der Waals surface area contributed by atoms with Gasteiger partial charge in [-0.05, 0) is 12.8 Å². The van der Waals surface area contributed by atoms with E-state index in [1.807, 2.05) is 0 Å². The van der Waals surface area contributed by atoms with E-state index in [2.05, 4.69) is 13.8 Å². The number of rotatable bonds is 19. The normalized spacial score (nSPS) is 11.0. The molecule has 27 heavy (non-hydrogen) atoms. The predicted octanol–water partition coefficient (Wildman–Crippen LogP) is 4.78. The van der Waals surface area contributed by atoms with Gasteiger partial charge < -0.3 is 18.9 Å². The molecule has 0 radical (unpaired) electrons. The quantitative estimate of drug-likeness (QED) is 0.180. The summed E-state index contributed by atoms with van der Waals surface area (Å²) in [7, 11) is 1.52. The Labute approximate surface area is 165 Å². The lowest BCUT2D eigenvalue weighted by Gasteiger charge is -2.17. The summed E-state index contributed by atoms with van der Waals surface area (Å²) in [6.45, 7) is 4.52. The van der Waals surface area contributed by atoms with Gasteiger partial charge in [0.2, 0.25) is 0 Å². The van der Waals surface area contributed by atoms with Crippen molar-refractivity contribution in [2.45, 2.75) is 97.0 Å². The minimum Gasteiger partial charge on any atom is -0.463 e. The van der Waals surface area contributed by atoms with Crippen LogP contribution in [0.3, 0.4) is 0 Å². The van der Waals surface area contributed by atoms with E-state index in [-0.39, 0.29) is 31.9 Å². The van der Waals surface area contributed by atoms with Gasteiger partial charge in [-0.1, -0.05) is 65.2 Å². The van der Waals surface area contributed by atoms with Crippen LogP contribution >= 0.6 is 0 Å². The fourth-order valence-electron chi connectivity index (χ4n) is 2.57. The molecule has 0 aliphatic carbocycles. The Morgan fingerprint density at radius 2 is 1.15 bits per heavy atom. The molecule has 6 nitrogen and oxygen atoms in total. The summed E-state index contributed by atoms with van der Waals surface area (Å²) in [6, 6.07) is 0. The first-order valence-corrected chi connectivity index (χ1v) is 10.6. The molecule has 0 amide bonds. The van der Waals surface area contributed by atoms with Crippen LogP contribution in [-0.2, 0) is 28.5 Å². The van der Waals surface area contributed by atoms with Crippen LogP contribution in [0.4, 0.5) is 0 Å². The molecule has 0 bridgehead atoms. The van der Waals surface area contributed by atoms with Gasteiger partial charge in [0.05, 0.1) is 0 Å². The number of hydrogen-bond acceptors (Lipinski definition) is 6. The van der Waals surface area contributed by atoms with Crippen LogP contribution in [-0.4, -0.2) is 45.2 Å². The lowest BCUT2D eigenvalue weighted by molar-refractivity contribution is -0.162. The number of methoxy groups -OCH3 is 1. The summed E-state index contributed by atoms with van der Waals surface area (Å²) in [5, 5.41) is 0. The van der Waals surface area contributed by atoms with Crippen LogP contribution in [0.15, 0.2) is 0 Å². The highest BCUT2D eigenvalue weighted by atomic mass is 16.7. The van der Waals surface area contributed by atoms with Gasteiger partial charge in [0.25, 0.3) is 0 Å². The van der Waals surface area contributed by atoms with Gasteiger partial charge in [-0.15, -0.1) is 0 Å². The minimum atomic E-state index is -0.502. The Kier molecular flexibility index (Phi) is 18.8. The maximum absolute atomic E-state index is 11.8. The fourth-order valence-corrected chi connectivity index (χ4v) is 2.57. The monoisotopic (exact) mass is 388 g/mol. The van der Waals surface area contributed by atoms with E-state index in [1.165, 1.54) is 32.8 Å². The average Bonchev–Trinajstić information content (AvgIpc) is 2.67. The number of unbranched alkanes of at least 4 members (excludes halogenated alkanes) is 8. The number of ether oxygens (including phenoxy) is 4. The maximum Gasteiger partial charge on any atom is 0.305 e. The second-order valence-corrected chi connectivity index (χ2v) is 6.89. The zero-order chi connectivity index (χ0) is 20.2. The Balaban J connectivity index is 3.94. The van der Waals surface area contributed by atoms with E-state index >= 15 is 0 Å². The lowest BCUT2D eigenvalue weighted by atomic mass is 10.1. The Hall–Kier alpha value is -1.14. The molecule has 0 heterocycles. The molecule has 0 aromatic carbocycles. The van der Waals surface area contributed by atoms with E-state index in [0.717, 1.165) is 38.5 Å². The molecule has 0 N–H and O–H groups in total. The second-order valence-electron chi connectivity index (χ2n) is 6.89. The van der Waals surface area contributed by atoms with Gasteiger partial charge in [0.1, 0.15) is 26.1 Å². The van der Waals surface area contributed by atoms with Crippen LogP contribution < -0.4 is 0 Å². The minimum absolute atomic E-state index is 0.0633. The third kappa shape index (κ3) is 18.0. The predicted molar refractivity (Wildman–Crippen MR) is 105 cm³/mol. The van der Waals surface area contributed by atoms with Crippen molar-refractivity contribution in [3.05, 3.63) is 0 Å². The van der Waals surface area contributed by atoms with E-state index < -0.39 is 6.10 Å². The molecule has 0 rings (SSSR count). The van der Waals surface area contributed by atoms with Crippen molar-refractivity contribution in [2.75, 3.05) is 27.1 Å². The number of hydrogen-bond donors (Lipinski definition) is 0. The van der Waals surface area contributed by atoms with Gasteiger partial charge in [-0.2, -0.15) is 0 Å². The number of carbonyl (C=O) groups excluding carboxylic acids is 2. The third-order valence-corrected chi connectivity index (χ3v) is 4.25. The van der Waals surface area contributed by atoms with Gasteiger partial charge in [0, 0.05) is 20.0 Å². The molecular weight excluding hydrogens is 348 g/mol. The van der Waals surface area contributed by atoms with Crippen molar-refractivity contribution < 1.29 is 28.5 Å². The summed E-state index contributed by atoms with van der Waals surface area (Å²) < 4.78 is 20.8. The molecule has 0 unspecified atom stereocenters. The molecule has 0 atom stereocenters. The van der Waals surface area contributed by atoms with Gasteiger partial charge in [-0.3, -0.25) is 9.59 Å². The fraction of sp³-hybridized carbons (Fsp3) is 0.905. The van der Waals surface area contributed by atoms with Crippen LogP contribution in [0.25, 0.3) is 0 Å². The smallest absolute Gasteiger partial charge is 0.305 e. The first-order valence-electron chi connectivity index (χ1n) is 10.6. The molecular formula is C21H40O6. The Bertz CT molecular complexity index is 329. The third-order valence-electron chi connectivity index (χ3n) is 4.25. The molecule has 0 saturated heterocycles. The molecule has 0 aromatic rings. The highest BCUT2D eigenvalue weighted by molar-refractivity contribution is 5.69. The standard InChI is InChI=1S/C21H40O6/c1-4-6-8-10-12-14-20(22)25-16-19(27-18-24-3)17-26-21(23)15-13-11-9-7-5-2/h19H,4-18H2,1-3H3. The van der Waals surface area contributed by atoms with Crippen LogP contribution in [0, 0.1) is 0 Å². The lowest BCUT2D eigenvalue weighted by Crippen LogP contribution is -2.29. The van der Waals surface area contributed by atoms with Crippen molar-refractivity contribution in [3.63, 3.8) is 0 Å². The molecule has 160 valence electrons. The van der Waals surface area contributed by atoms with E-state index in [0.29, 0.717) is 12.8 Å². The van der Waals surface area contributed by atoms with E-state index in [4.69, 9.17) is 18.9 Å². The largest absolute Gasteiger partial charge is 0.463 e. The topological polar surface area (TPSA) is 71.1 Å². The Morgan fingerprint density at radius 3 is 1.56 bits per heavy atom. The first-order chi connectivity index (χ1) is 13.1. The van der Waals surface area contributed by atoms with Crippen LogP contribution in [0.1, 0.15) is 90.9 Å². The summed E-state index contributed by atoms with van der Waals surface area (Å²) in [5.74, 6) is -0.473. The van der Waals surface area contributed by atoms with Crippen molar-refractivity contribution >= 4 is 11.9 Å². The highest BCUT2D eigenvalue weighted by Gasteiger charge is 2.15. The number of esters is 2. The SMILES string of the molecule is CCCCCCCC(=O)OCC(COC(=O)CCCCCCC)OCOC. The van der Waals surface area contributed by atoms with Crippen molar-refractivity contribution in [1.82, 2.24) is 0 Å². The van der Waals surface area contributed by atoms with Crippen molar-refractivity contribution in [1.29, 1.82) is 0 Å². The molecule has 0 fully saturated rings. The van der Waals surface area contributed by atoms with Gasteiger partial charge in [-0.25, -0.2) is 0 Å². The van der Waals surface area contributed by atoms with Crippen molar-refractivity contribution in [3.8, 4) is 0 Å². The molecule has 0 aliphatic rings. The zero-order valence-electron chi connectivity index (χ0n) is 17.6. The summed E-state index contributed by atoms with van der Waals surface area (Å²) in [6.07, 6.45) is 11.2. The zero-order valence-corrected chi connectivity index (χ0v) is 17.6. The second kappa shape index (κ2) is 19.6. The van der Waals surface area contributed by atoms with Crippen molar-refractivity contribution in [2.24, 2.45) is 0 Å². The molecule has 6 heteroatoms. The van der Waals surface area contributed by atoms with E-state index in [9.17, 15) is 9.59 Å². The molecule has 0 saturated carbocycles. The Morgan fingerprint density at radius 1 is 0.704 bits per heavy atom. The summed E-state index contributed by atoms with van der Waals surface area (Å²) in [5.41, 5.74) is 0. The average molecular weight is 389 g/mol. The molecule has 0 aromatic heterocycles. The van der Waals surface area contributed by atoms with Crippen LogP contribution in [0.5, 0.6) is 0 Å². The summed E-state index contributed by atoms with van der Waals surface area (Å²) in [4.78, 5) is 23.6. The first kappa shape index (κ1) is 25.9. The van der Waals surface area contributed by atoms with E-state index in [1.54, 1.807) is 0 Å². The maximum atomic E-state index is 11.8. The molecule has 0 spiro atoms.